The van der Waals surface area contributed by atoms with Gasteiger partial charge in [0.2, 0.25) is 5.95 Å². The number of fused-ring (bicyclic) bond motifs is 1. The molecule has 3 rings (SSSR count). The maximum atomic E-state index is 8.75. The van der Waals surface area contributed by atoms with Crippen LogP contribution in [0.3, 0.4) is 0 Å². The van der Waals surface area contributed by atoms with Gasteiger partial charge in [0.05, 0.1) is 11.6 Å². The summed E-state index contributed by atoms with van der Waals surface area (Å²) >= 11 is 0. The van der Waals surface area contributed by atoms with Crippen LogP contribution in [0.2, 0.25) is 0 Å². The summed E-state index contributed by atoms with van der Waals surface area (Å²) in [6.45, 7) is 2.65. The van der Waals surface area contributed by atoms with Gasteiger partial charge < -0.3 is 5.32 Å². The highest BCUT2D eigenvalue weighted by Gasteiger charge is 2.03. The molecule has 0 unspecified atom stereocenters. The van der Waals surface area contributed by atoms with Gasteiger partial charge in [-0.3, -0.25) is 0 Å². The number of benzene rings is 1. The number of aromatic nitrogens is 3. The van der Waals surface area contributed by atoms with Gasteiger partial charge in [0, 0.05) is 12.7 Å². The van der Waals surface area contributed by atoms with Crippen molar-refractivity contribution in [3.05, 3.63) is 59.3 Å². The third kappa shape index (κ3) is 2.45. The molecule has 20 heavy (non-hydrogen) atoms. The van der Waals surface area contributed by atoms with Crippen LogP contribution in [0.25, 0.3) is 5.65 Å². The molecule has 5 heteroatoms. The number of nitrogens with zero attached hydrogens (tertiary/aromatic N) is 4. The Labute approximate surface area is 116 Å². The molecule has 0 aliphatic rings. The van der Waals surface area contributed by atoms with E-state index in [1.807, 2.05) is 37.4 Å². The molecular formula is C15H13N5. The summed E-state index contributed by atoms with van der Waals surface area (Å²) in [4.78, 5) is 4.39. The SMILES string of the molecule is Cc1ccc2nc(NCc3ccc(C#N)cc3)nn2c1. The Morgan fingerprint density at radius 2 is 2.00 bits per heavy atom. The Kier molecular flexibility index (Phi) is 3.05. The number of hydrogen-bond acceptors (Lipinski definition) is 4. The maximum Gasteiger partial charge on any atom is 0.243 e. The molecule has 0 aliphatic heterocycles. The van der Waals surface area contributed by atoms with Gasteiger partial charge in [-0.2, -0.15) is 10.2 Å². The summed E-state index contributed by atoms with van der Waals surface area (Å²) in [7, 11) is 0. The van der Waals surface area contributed by atoms with Gasteiger partial charge in [-0.05, 0) is 36.2 Å². The van der Waals surface area contributed by atoms with E-state index in [1.165, 1.54) is 0 Å². The van der Waals surface area contributed by atoms with Crippen LogP contribution in [0.1, 0.15) is 16.7 Å². The molecule has 2 heterocycles. The standard InChI is InChI=1S/C15H13N5/c1-11-2-7-14-18-15(19-20(14)10-11)17-9-13-5-3-12(8-16)4-6-13/h2-7,10H,9H2,1H3,(H,17,19). The topological polar surface area (TPSA) is 66.0 Å². The Morgan fingerprint density at radius 3 is 2.75 bits per heavy atom. The number of nitrogens with one attached hydrogen (secondary N) is 1. The van der Waals surface area contributed by atoms with Crippen LogP contribution in [0.15, 0.2) is 42.6 Å². The second-order valence-electron chi connectivity index (χ2n) is 4.61. The van der Waals surface area contributed by atoms with E-state index in [-0.39, 0.29) is 0 Å². The Hall–Kier alpha value is -2.87. The van der Waals surface area contributed by atoms with Crippen molar-refractivity contribution in [2.45, 2.75) is 13.5 Å². The fraction of sp³-hybridized carbons (Fsp3) is 0.133. The summed E-state index contributed by atoms with van der Waals surface area (Å²) in [5.74, 6) is 0.597. The van der Waals surface area contributed by atoms with Gasteiger partial charge in [0.1, 0.15) is 0 Å². The van der Waals surface area contributed by atoms with E-state index in [9.17, 15) is 0 Å². The number of pyridine rings is 1. The van der Waals surface area contributed by atoms with Gasteiger partial charge in [-0.25, -0.2) is 4.52 Å². The molecule has 2 aromatic heterocycles. The highest BCUT2D eigenvalue weighted by Crippen LogP contribution is 2.09. The lowest BCUT2D eigenvalue weighted by atomic mass is 10.1. The van der Waals surface area contributed by atoms with Crippen molar-refractivity contribution in [2.75, 3.05) is 5.32 Å². The molecular weight excluding hydrogens is 250 g/mol. The second kappa shape index (κ2) is 5.02. The minimum Gasteiger partial charge on any atom is -0.349 e. The Morgan fingerprint density at radius 1 is 1.20 bits per heavy atom. The lowest BCUT2D eigenvalue weighted by Gasteiger charge is -2.01. The fourth-order valence-electron chi connectivity index (χ4n) is 1.94. The molecule has 0 fully saturated rings. The molecule has 0 amide bonds. The smallest absolute Gasteiger partial charge is 0.243 e. The van der Waals surface area contributed by atoms with Crippen LogP contribution >= 0.6 is 0 Å². The van der Waals surface area contributed by atoms with Crippen LogP contribution in [0.5, 0.6) is 0 Å². The van der Waals surface area contributed by atoms with Crippen molar-refractivity contribution in [2.24, 2.45) is 0 Å². The first kappa shape index (κ1) is 12.2. The quantitative estimate of drug-likeness (QED) is 0.788. The normalized spacial score (nSPS) is 10.4. The Bertz CT molecular complexity index is 780. The van der Waals surface area contributed by atoms with Gasteiger partial charge in [0.25, 0.3) is 0 Å². The van der Waals surface area contributed by atoms with Gasteiger partial charge in [-0.1, -0.05) is 18.2 Å². The van der Waals surface area contributed by atoms with Gasteiger partial charge in [-0.15, -0.1) is 5.10 Å². The zero-order valence-corrected chi connectivity index (χ0v) is 11.0. The monoisotopic (exact) mass is 263 g/mol. The number of anilines is 1. The van der Waals surface area contributed by atoms with Crippen LogP contribution in [-0.2, 0) is 6.54 Å². The number of rotatable bonds is 3. The summed E-state index contributed by atoms with van der Waals surface area (Å²) < 4.78 is 1.76. The van der Waals surface area contributed by atoms with E-state index < -0.39 is 0 Å². The summed E-state index contributed by atoms with van der Waals surface area (Å²) in [5, 5.41) is 16.3. The van der Waals surface area contributed by atoms with E-state index in [1.54, 1.807) is 16.6 Å². The molecule has 0 atom stereocenters. The average Bonchev–Trinajstić information content (AvgIpc) is 2.87. The van der Waals surface area contributed by atoms with Crippen molar-refractivity contribution in [1.29, 1.82) is 5.26 Å². The second-order valence-corrected chi connectivity index (χ2v) is 4.61. The molecule has 0 spiro atoms. The van der Waals surface area contributed by atoms with Crippen LogP contribution in [0, 0.1) is 18.3 Å². The molecule has 0 bridgehead atoms. The minimum atomic E-state index is 0.597. The molecule has 0 saturated heterocycles. The minimum absolute atomic E-state index is 0.597. The average molecular weight is 263 g/mol. The van der Waals surface area contributed by atoms with Crippen molar-refractivity contribution in [1.82, 2.24) is 14.6 Å². The van der Waals surface area contributed by atoms with Crippen molar-refractivity contribution in [3.8, 4) is 6.07 Å². The summed E-state index contributed by atoms with van der Waals surface area (Å²) in [6.07, 6.45) is 1.94. The molecule has 5 nitrogen and oxygen atoms in total. The zero-order valence-electron chi connectivity index (χ0n) is 11.0. The molecule has 1 N–H and O–H groups in total. The van der Waals surface area contributed by atoms with Crippen LogP contribution < -0.4 is 5.32 Å². The van der Waals surface area contributed by atoms with Crippen molar-refractivity contribution < 1.29 is 0 Å². The molecule has 3 aromatic rings. The van der Waals surface area contributed by atoms with E-state index in [0.717, 1.165) is 16.8 Å². The highest BCUT2D eigenvalue weighted by atomic mass is 15.3. The first-order chi connectivity index (χ1) is 9.74. The largest absolute Gasteiger partial charge is 0.349 e. The number of aryl methyl sites for hydroxylation is 1. The van der Waals surface area contributed by atoms with Gasteiger partial charge in [0.15, 0.2) is 5.65 Å². The molecule has 0 radical (unpaired) electrons. The first-order valence-electron chi connectivity index (χ1n) is 6.30. The van der Waals surface area contributed by atoms with Crippen LogP contribution in [0.4, 0.5) is 5.95 Å². The maximum absolute atomic E-state index is 8.75. The molecule has 1 aromatic carbocycles. The molecule has 0 saturated carbocycles. The van der Waals surface area contributed by atoms with Crippen molar-refractivity contribution in [3.63, 3.8) is 0 Å². The lowest BCUT2D eigenvalue weighted by Crippen LogP contribution is -2.01. The fourth-order valence-corrected chi connectivity index (χ4v) is 1.94. The predicted octanol–water partition coefficient (Wildman–Crippen LogP) is 2.52. The Balaban J connectivity index is 1.74. The first-order valence-corrected chi connectivity index (χ1v) is 6.30. The zero-order chi connectivity index (χ0) is 13.9. The summed E-state index contributed by atoms with van der Waals surface area (Å²) in [6, 6.07) is 13.5. The van der Waals surface area contributed by atoms with E-state index >= 15 is 0 Å². The van der Waals surface area contributed by atoms with E-state index in [0.29, 0.717) is 18.1 Å². The van der Waals surface area contributed by atoms with Crippen molar-refractivity contribution >= 4 is 11.6 Å². The third-order valence-corrected chi connectivity index (χ3v) is 3.01. The molecule has 0 aliphatic carbocycles. The van der Waals surface area contributed by atoms with Crippen LogP contribution in [-0.4, -0.2) is 14.6 Å². The number of nitriles is 1. The summed E-state index contributed by atoms with van der Waals surface area (Å²) in [5.41, 5.74) is 3.70. The highest BCUT2D eigenvalue weighted by molar-refractivity contribution is 5.44. The number of hydrogen-bond donors (Lipinski definition) is 1. The van der Waals surface area contributed by atoms with Gasteiger partial charge >= 0.3 is 0 Å². The lowest BCUT2D eigenvalue weighted by molar-refractivity contribution is 0.942. The molecule has 98 valence electrons. The third-order valence-electron chi connectivity index (χ3n) is 3.01. The van der Waals surface area contributed by atoms with E-state index in [2.05, 4.69) is 21.5 Å². The van der Waals surface area contributed by atoms with E-state index in [4.69, 9.17) is 5.26 Å². The predicted molar refractivity (Wildman–Crippen MR) is 76.2 cm³/mol.